The Labute approximate surface area is 126 Å². The van der Waals surface area contributed by atoms with Crippen molar-refractivity contribution in [3.8, 4) is 0 Å². The van der Waals surface area contributed by atoms with E-state index in [4.69, 9.17) is 0 Å². The SMILES string of the molecule is O=C(Cc1ccccc1)CN1CCC(c2ccccc2)C1. The number of nitrogens with zero attached hydrogens (tertiary/aromatic N) is 1. The van der Waals surface area contributed by atoms with Gasteiger partial charge in [-0.2, -0.15) is 0 Å². The predicted molar refractivity (Wildman–Crippen MR) is 85.4 cm³/mol. The van der Waals surface area contributed by atoms with E-state index >= 15 is 0 Å². The van der Waals surface area contributed by atoms with Gasteiger partial charge >= 0.3 is 0 Å². The van der Waals surface area contributed by atoms with Crippen LogP contribution in [0.3, 0.4) is 0 Å². The minimum Gasteiger partial charge on any atom is -0.298 e. The van der Waals surface area contributed by atoms with Gasteiger partial charge in [-0.25, -0.2) is 0 Å². The standard InChI is InChI=1S/C19H21NO/c21-19(13-16-7-3-1-4-8-16)15-20-12-11-18(14-20)17-9-5-2-6-10-17/h1-10,18H,11-15H2. The van der Waals surface area contributed by atoms with E-state index in [1.54, 1.807) is 0 Å². The summed E-state index contributed by atoms with van der Waals surface area (Å²) in [4.78, 5) is 14.5. The lowest BCUT2D eigenvalue weighted by molar-refractivity contribution is -0.119. The van der Waals surface area contributed by atoms with Crippen LogP contribution in [-0.2, 0) is 11.2 Å². The molecule has 1 aliphatic rings. The molecule has 1 heterocycles. The number of ketones is 1. The summed E-state index contributed by atoms with van der Waals surface area (Å²) < 4.78 is 0. The van der Waals surface area contributed by atoms with Gasteiger partial charge in [-0.3, -0.25) is 9.69 Å². The van der Waals surface area contributed by atoms with Crippen molar-refractivity contribution in [2.24, 2.45) is 0 Å². The van der Waals surface area contributed by atoms with Crippen molar-refractivity contribution in [2.45, 2.75) is 18.8 Å². The van der Waals surface area contributed by atoms with Crippen molar-refractivity contribution in [1.29, 1.82) is 0 Å². The monoisotopic (exact) mass is 279 g/mol. The van der Waals surface area contributed by atoms with Gasteiger partial charge in [-0.05, 0) is 30.0 Å². The second kappa shape index (κ2) is 6.68. The molecule has 0 aromatic heterocycles. The van der Waals surface area contributed by atoms with Crippen molar-refractivity contribution in [3.05, 3.63) is 71.8 Å². The lowest BCUT2D eigenvalue weighted by atomic mass is 9.99. The van der Waals surface area contributed by atoms with Crippen molar-refractivity contribution in [1.82, 2.24) is 4.90 Å². The predicted octanol–water partition coefficient (Wildman–Crippen LogP) is 3.29. The molecule has 1 atom stereocenters. The molecule has 0 radical (unpaired) electrons. The molecule has 21 heavy (non-hydrogen) atoms. The average Bonchev–Trinajstić information content (AvgIpc) is 2.97. The Morgan fingerprint density at radius 2 is 1.67 bits per heavy atom. The molecule has 0 amide bonds. The fourth-order valence-electron chi connectivity index (χ4n) is 3.10. The van der Waals surface area contributed by atoms with Crippen LogP contribution in [0.1, 0.15) is 23.5 Å². The molecule has 2 heteroatoms. The molecule has 3 rings (SSSR count). The third-order valence-corrected chi connectivity index (χ3v) is 4.19. The molecule has 2 aromatic rings. The molecule has 0 spiro atoms. The number of carbonyl (C=O) groups excluding carboxylic acids is 1. The van der Waals surface area contributed by atoms with Crippen LogP contribution in [0.15, 0.2) is 60.7 Å². The van der Waals surface area contributed by atoms with Gasteiger partial charge in [0.1, 0.15) is 0 Å². The highest BCUT2D eigenvalue weighted by Gasteiger charge is 2.24. The molecule has 2 aromatic carbocycles. The highest BCUT2D eigenvalue weighted by molar-refractivity contribution is 5.82. The molecule has 1 fully saturated rings. The number of benzene rings is 2. The van der Waals surface area contributed by atoms with Gasteiger partial charge in [0.2, 0.25) is 0 Å². The highest BCUT2D eigenvalue weighted by atomic mass is 16.1. The summed E-state index contributed by atoms with van der Waals surface area (Å²) in [5.41, 5.74) is 2.51. The third-order valence-electron chi connectivity index (χ3n) is 4.19. The topological polar surface area (TPSA) is 20.3 Å². The van der Waals surface area contributed by atoms with Crippen LogP contribution in [0, 0.1) is 0 Å². The van der Waals surface area contributed by atoms with E-state index in [1.807, 2.05) is 30.3 Å². The largest absolute Gasteiger partial charge is 0.298 e. The van der Waals surface area contributed by atoms with E-state index in [9.17, 15) is 4.79 Å². The van der Waals surface area contributed by atoms with E-state index in [0.717, 1.165) is 25.1 Å². The number of carbonyl (C=O) groups is 1. The molecule has 108 valence electrons. The molecule has 0 bridgehead atoms. The van der Waals surface area contributed by atoms with Crippen molar-refractivity contribution >= 4 is 5.78 Å². The zero-order valence-electron chi connectivity index (χ0n) is 12.2. The number of Topliss-reactive ketones (excluding diaryl/α,β-unsaturated/α-hetero) is 1. The Morgan fingerprint density at radius 3 is 2.38 bits per heavy atom. The summed E-state index contributed by atoms with van der Waals surface area (Å²) in [6, 6.07) is 20.6. The van der Waals surface area contributed by atoms with Gasteiger partial charge < -0.3 is 0 Å². The first-order valence-electron chi connectivity index (χ1n) is 7.64. The Kier molecular flexibility index (Phi) is 4.46. The summed E-state index contributed by atoms with van der Waals surface area (Å²) in [7, 11) is 0. The fraction of sp³-hybridized carbons (Fsp3) is 0.316. The van der Waals surface area contributed by atoms with E-state index in [-0.39, 0.29) is 0 Å². The Morgan fingerprint density at radius 1 is 1.00 bits per heavy atom. The summed E-state index contributed by atoms with van der Waals surface area (Å²) in [5, 5.41) is 0. The summed E-state index contributed by atoms with van der Waals surface area (Å²) in [5.74, 6) is 0.894. The molecule has 2 nitrogen and oxygen atoms in total. The first-order valence-corrected chi connectivity index (χ1v) is 7.64. The Hall–Kier alpha value is -1.93. The minimum absolute atomic E-state index is 0.315. The van der Waals surface area contributed by atoms with Crippen molar-refractivity contribution in [2.75, 3.05) is 19.6 Å². The minimum atomic E-state index is 0.315. The fourth-order valence-corrected chi connectivity index (χ4v) is 3.10. The summed E-state index contributed by atoms with van der Waals surface area (Å²) in [6.07, 6.45) is 1.70. The van der Waals surface area contributed by atoms with Crippen LogP contribution >= 0.6 is 0 Å². The van der Waals surface area contributed by atoms with Crippen LogP contribution < -0.4 is 0 Å². The van der Waals surface area contributed by atoms with Gasteiger partial charge in [-0.1, -0.05) is 60.7 Å². The van der Waals surface area contributed by atoms with Crippen LogP contribution in [0.5, 0.6) is 0 Å². The summed E-state index contributed by atoms with van der Waals surface area (Å²) in [6.45, 7) is 2.61. The van der Waals surface area contributed by atoms with Gasteiger partial charge in [-0.15, -0.1) is 0 Å². The summed E-state index contributed by atoms with van der Waals surface area (Å²) >= 11 is 0. The molecular weight excluding hydrogens is 258 g/mol. The first kappa shape index (κ1) is 14.0. The Bertz CT molecular complexity index is 579. The number of rotatable bonds is 5. The number of hydrogen-bond donors (Lipinski definition) is 0. The van der Waals surface area contributed by atoms with Crippen LogP contribution in [0.2, 0.25) is 0 Å². The van der Waals surface area contributed by atoms with E-state index in [2.05, 4.69) is 35.2 Å². The molecule has 1 saturated heterocycles. The zero-order chi connectivity index (χ0) is 14.5. The average molecular weight is 279 g/mol. The van der Waals surface area contributed by atoms with E-state index in [0.29, 0.717) is 24.7 Å². The molecule has 1 unspecified atom stereocenters. The van der Waals surface area contributed by atoms with Crippen molar-refractivity contribution in [3.63, 3.8) is 0 Å². The maximum absolute atomic E-state index is 12.2. The van der Waals surface area contributed by atoms with E-state index < -0.39 is 0 Å². The number of likely N-dealkylation sites (tertiary alicyclic amines) is 1. The second-order valence-corrected chi connectivity index (χ2v) is 5.83. The normalized spacial score (nSPS) is 18.8. The molecule has 1 aliphatic heterocycles. The maximum atomic E-state index is 12.2. The lowest BCUT2D eigenvalue weighted by Crippen LogP contribution is -2.28. The quantitative estimate of drug-likeness (QED) is 0.837. The van der Waals surface area contributed by atoms with Gasteiger partial charge in [0.25, 0.3) is 0 Å². The molecule has 0 aliphatic carbocycles. The smallest absolute Gasteiger partial charge is 0.151 e. The van der Waals surface area contributed by atoms with Gasteiger partial charge in [0.15, 0.2) is 5.78 Å². The van der Waals surface area contributed by atoms with Gasteiger partial charge in [0.05, 0.1) is 6.54 Å². The maximum Gasteiger partial charge on any atom is 0.151 e. The van der Waals surface area contributed by atoms with Gasteiger partial charge in [0, 0.05) is 13.0 Å². The lowest BCUT2D eigenvalue weighted by Gasteiger charge is -2.15. The first-order chi connectivity index (χ1) is 10.3. The molecular formula is C19H21NO. The third kappa shape index (κ3) is 3.79. The zero-order valence-corrected chi connectivity index (χ0v) is 12.2. The number of hydrogen-bond acceptors (Lipinski definition) is 2. The van der Waals surface area contributed by atoms with Crippen LogP contribution in [0.4, 0.5) is 0 Å². The van der Waals surface area contributed by atoms with Crippen LogP contribution in [0.25, 0.3) is 0 Å². The van der Waals surface area contributed by atoms with Crippen LogP contribution in [-0.4, -0.2) is 30.3 Å². The molecule has 0 N–H and O–H groups in total. The Balaban J connectivity index is 1.52. The molecule has 0 saturated carbocycles. The second-order valence-electron chi connectivity index (χ2n) is 5.83. The van der Waals surface area contributed by atoms with E-state index in [1.165, 1.54) is 5.56 Å². The van der Waals surface area contributed by atoms with Crippen molar-refractivity contribution < 1.29 is 4.79 Å². The highest BCUT2D eigenvalue weighted by Crippen LogP contribution is 2.26.